The van der Waals surface area contributed by atoms with Gasteiger partial charge in [-0.2, -0.15) is 21.6 Å². The van der Waals surface area contributed by atoms with Crippen molar-refractivity contribution in [1.29, 1.82) is 0 Å². The Bertz CT molecular complexity index is 168. The van der Waals surface area contributed by atoms with Crippen LogP contribution in [0.4, 0.5) is 13.2 Å². The molecule has 0 aromatic heterocycles. The molecule has 0 heterocycles. The van der Waals surface area contributed by atoms with Crippen LogP contribution in [0.5, 0.6) is 0 Å². The van der Waals surface area contributed by atoms with E-state index in [1.807, 2.05) is 0 Å². The number of hydrogen-bond acceptors (Lipinski definition) is 2. The van der Waals surface area contributed by atoms with E-state index in [0.717, 1.165) is 0 Å². The molecule has 58 valence electrons. The first-order valence-corrected chi connectivity index (χ1v) is 2.73. The molecule has 0 aromatic rings. The van der Waals surface area contributed by atoms with Crippen LogP contribution in [0.3, 0.4) is 0 Å². The summed E-state index contributed by atoms with van der Waals surface area (Å²) in [5.74, 6) is 0. The third-order valence-electron chi connectivity index (χ3n) is 0.292. The number of alkyl halides is 3. The normalized spacial score (nSPS) is 12.4. The molecule has 0 rings (SSSR count). The fourth-order valence-electron chi connectivity index (χ4n) is 0. The second-order valence-electron chi connectivity index (χ2n) is 0.921. The summed E-state index contributed by atoms with van der Waals surface area (Å²) in [6, 6.07) is 0. The van der Waals surface area contributed by atoms with Crippen molar-refractivity contribution in [3.8, 4) is 0 Å². The molecule has 0 saturated carbocycles. The monoisotopic (exact) mass is 228 g/mol. The molecule has 8 heteroatoms. The second kappa shape index (κ2) is 2.88. The van der Waals surface area contributed by atoms with Crippen molar-refractivity contribution >= 4 is 27.7 Å². The molecule has 0 unspecified atom stereocenters. The van der Waals surface area contributed by atoms with Gasteiger partial charge in [0.2, 0.25) is 0 Å². The van der Waals surface area contributed by atoms with E-state index in [1.54, 1.807) is 0 Å². The van der Waals surface area contributed by atoms with Crippen molar-refractivity contribution in [2.75, 3.05) is 0 Å². The second-order valence-corrected chi connectivity index (χ2v) is 2.33. The van der Waals surface area contributed by atoms with Gasteiger partial charge in [-0.3, -0.25) is 4.55 Å². The van der Waals surface area contributed by atoms with Gasteiger partial charge < -0.3 is 0 Å². The first-order chi connectivity index (χ1) is 3.25. The fraction of sp³-hybridized carbons (Fsp3) is 1.00. The molecule has 0 aliphatic rings. The Morgan fingerprint density at radius 2 is 1.33 bits per heavy atom. The zero-order valence-corrected chi connectivity index (χ0v) is 4.12. The Balaban J connectivity index is 0. The standard InChI is InChI=1S/CHF3O3S.GeH4/c2-1(3,4)8(5,6)7;/h(H,5,6,7);1H4. The van der Waals surface area contributed by atoms with Crippen LogP contribution in [-0.4, -0.2) is 36.1 Å². The first-order valence-electron chi connectivity index (χ1n) is 1.29. The zero-order valence-electron chi connectivity index (χ0n) is 3.31. The molecule has 1 N–H and O–H groups in total. The Kier molecular flexibility index (Phi) is 3.84. The molecule has 3 nitrogen and oxygen atoms in total. The van der Waals surface area contributed by atoms with E-state index in [-0.39, 0.29) is 17.6 Å². The van der Waals surface area contributed by atoms with E-state index in [9.17, 15) is 13.2 Å². The average Bonchev–Trinajstić information content (AvgIpc) is 1.25. The average molecular weight is 227 g/mol. The van der Waals surface area contributed by atoms with Gasteiger partial charge in [-0.25, -0.2) is 0 Å². The van der Waals surface area contributed by atoms with Crippen LogP contribution in [0.15, 0.2) is 0 Å². The molecular weight excluding hydrogens is 222 g/mol. The van der Waals surface area contributed by atoms with Crippen LogP contribution in [0.1, 0.15) is 0 Å². The summed E-state index contributed by atoms with van der Waals surface area (Å²) in [5.41, 5.74) is -5.53. The summed E-state index contributed by atoms with van der Waals surface area (Å²) in [6.07, 6.45) is 0. The predicted octanol–water partition coefficient (Wildman–Crippen LogP) is -1.06. The minimum absolute atomic E-state index is 0. The van der Waals surface area contributed by atoms with Gasteiger partial charge in [-0.05, 0) is 0 Å². The quantitative estimate of drug-likeness (QED) is 0.326. The summed E-state index contributed by atoms with van der Waals surface area (Å²) in [7, 11) is -5.84. The molecule has 9 heavy (non-hydrogen) atoms. The van der Waals surface area contributed by atoms with Crippen LogP contribution < -0.4 is 0 Å². The van der Waals surface area contributed by atoms with E-state index in [1.165, 1.54) is 0 Å². The van der Waals surface area contributed by atoms with Crippen molar-refractivity contribution in [2.24, 2.45) is 0 Å². The fourth-order valence-corrected chi connectivity index (χ4v) is 0. The van der Waals surface area contributed by atoms with Crippen LogP contribution >= 0.6 is 0 Å². The molecule has 0 aliphatic heterocycles. The SMILES string of the molecule is O=S(=O)(O)C(F)(F)F.[GeH4]. The molecule has 0 bridgehead atoms. The van der Waals surface area contributed by atoms with Gasteiger partial charge in [0.15, 0.2) is 0 Å². The summed E-state index contributed by atoms with van der Waals surface area (Å²) in [4.78, 5) is 0. The van der Waals surface area contributed by atoms with Gasteiger partial charge in [-0.15, -0.1) is 0 Å². The van der Waals surface area contributed by atoms with E-state index < -0.39 is 15.6 Å². The van der Waals surface area contributed by atoms with E-state index in [4.69, 9.17) is 13.0 Å². The summed E-state index contributed by atoms with van der Waals surface area (Å²) in [5, 5.41) is 0. The molecule has 0 saturated heterocycles. The van der Waals surface area contributed by atoms with E-state index in [0.29, 0.717) is 0 Å². The third-order valence-corrected chi connectivity index (χ3v) is 0.877. The topological polar surface area (TPSA) is 54.4 Å². The first kappa shape index (κ1) is 12.0. The van der Waals surface area contributed by atoms with Crippen molar-refractivity contribution in [3.05, 3.63) is 0 Å². The van der Waals surface area contributed by atoms with Crippen molar-refractivity contribution in [3.63, 3.8) is 0 Å². The Hall–Kier alpha value is 0.243. The van der Waals surface area contributed by atoms with Crippen LogP contribution in [0.2, 0.25) is 0 Å². The van der Waals surface area contributed by atoms with Crippen molar-refractivity contribution in [2.45, 2.75) is 5.51 Å². The Labute approximate surface area is 60.0 Å². The summed E-state index contributed by atoms with van der Waals surface area (Å²) in [6.45, 7) is 0. The summed E-state index contributed by atoms with van der Waals surface area (Å²) < 4.78 is 57.5. The molecule has 0 aromatic carbocycles. The number of halogens is 3. The van der Waals surface area contributed by atoms with Crippen LogP contribution in [0.25, 0.3) is 0 Å². The van der Waals surface area contributed by atoms with Crippen LogP contribution in [0, 0.1) is 0 Å². The maximum atomic E-state index is 10.7. The van der Waals surface area contributed by atoms with Gasteiger partial charge >= 0.3 is 33.2 Å². The van der Waals surface area contributed by atoms with Gasteiger partial charge in [0.25, 0.3) is 0 Å². The molecule has 0 fully saturated rings. The zero-order chi connectivity index (χ0) is 7.00. The van der Waals surface area contributed by atoms with Gasteiger partial charge in [0.1, 0.15) is 0 Å². The van der Waals surface area contributed by atoms with Crippen molar-refractivity contribution in [1.82, 2.24) is 0 Å². The third kappa shape index (κ3) is 3.76. The van der Waals surface area contributed by atoms with Crippen LogP contribution in [-0.2, 0) is 10.1 Å². The molecular formula is CH5F3GeO3S. The van der Waals surface area contributed by atoms with E-state index >= 15 is 0 Å². The Morgan fingerprint density at radius 3 is 1.33 bits per heavy atom. The molecule has 0 spiro atoms. The molecule has 0 atom stereocenters. The number of hydrogen-bond donors (Lipinski definition) is 1. The molecule has 0 aliphatic carbocycles. The van der Waals surface area contributed by atoms with Crippen molar-refractivity contribution < 1.29 is 26.1 Å². The van der Waals surface area contributed by atoms with Gasteiger partial charge in [0.05, 0.1) is 0 Å². The Morgan fingerprint density at radius 1 is 1.22 bits per heavy atom. The number of rotatable bonds is 0. The molecule has 0 amide bonds. The van der Waals surface area contributed by atoms with Gasteiger partial charge in [0, 0.05) is 0 Å². The molecule has 0 radical (unpaired) electrons. The minimum atomic E-state index is -5.84. The summed E-state index contributed by atoms with van der Waals surface area (Å²) >= 11 is 0. The predicted molar refractivity (Wildman–Crippen MR) is 28.9 cm³/mol. The van der Waals surface area contributed by atoms with E-state index in [2.05, 4.69) is 0 Å². The van der Waals surface area contributed by atoms with Gasteiger partial charge in [-0.1, -0.05) is 0 Å². The maximum absolute atomic E-state index is 10.7.